The summed E-state index contributed by atoms with van der Waals surface area (Å²) in [7, 11) is 3.97. The third kappa shape index (κ3) is 3.65. The molecule has 0 aliphatic carbocycles. The highest BCUT2D eigenvalue weighted by molar-refractivity contribution is 4.94. The zero-order chi connectivity index (χ0) is 12.0. The van der Waals surface area contributed by atoms with E-state index in [1.807, 2.05) is 31.8 Å². The van der Waals surface area contributed by atoms with Crippen LogP contribution in [0, 0.1) is 11.3 Å². The van der Waals surface area contributed by atoms with Crippen LogP contribution in [-0.4, -0.2) is 40.6 Å². The molecule has 1 N–H and O–H groups in total. The largest absolute Gasteiger partial charge is 0.337 e. The lowest BCUT2D eigenvalue weighted by Gasteiger charge is -2.19. The lowest BCUT2D eigenvalue weighted by Crippen LogP contribution is -2.38. The average molecular weight is 221 g/mol. The number of imidazole rings is 1. The second-order valence-corrected chi connectivity index (χ2v) is 3.89. The van der Waals surface area contributed by atoms with Crippen molar-refractivity contribution in [1.82, 2.24) is 19.8 Å². The number of nitrogens with one attached hydrogen (secondary N) is 1. The monoisotopic (exact) mass is 221 g/mol. The van der Waals surface area contributed by atoms with Crippen LogP contribution in [0.15, 0.2) is 12.4 Å². The second-order valence-electron chi connectivity index (χ2n) is 3.89. The molecule has 0 aliphatic rings. The number of likely N-dealkylation sites (N-methyl/N-ethyl adjacent to an activating group) is 2. The minimum absolute atomic E-state index is 0.115. The molecule has 0 saturated heterocycles. The first-order chi connectivity index (χ1) is 7.67. The van der Waals surface area contributed by atoms with Crippen LogP contribution in [0.2, 0.25) is 0 Å². The maximum atomic E-state index is 8.93. The zero-order valence-corrected chi connectivity index (χ0v) is 10.1. The third-order valence-electron chi connectivity index (χ3n) is 2.43. The summed E-state index contributed by atoms with van der Waals surface area (Å²) in [4.78, 5) is 6.35. The minimum Gasteiger partial charge on any atom is -0.337 e. The molecule has 88 valence electrons. The van der Waals surface area contributed by atoms with E-state index < -0.39 is 0 Å². The smallest absolute Gasteiger partial charge is 0.122 e. The highest BCUT2D eigenvalue weighted by Gasteiger charge is 2.10. The molecule has 1 rings (SSSR count). The molecule has 0 saturated carbocycles. The van der Waals surface area contributed by atoms with Crippen LogP contribution in [-0.2, 0) is 13.6 Å². The summed E-state index contributed by atoms with van der Waals surface area (Å²) in [6, 6.07) is 2.13. The minimum atomic E-state index is -0.115. The number of hydrogen-bond donors (Lipinski definition) is 1. The van der Waals surface area contributed by atoms with Gasteiger partial charge in [-0.25, -0.2) is 4.98 Å². The molecule has 1 unspecified atom stereocenters. The third-order valence-corrected chi connectivity index (χ3v) is 2.43. The quantitative estimate of drug-likeness (QED) is 0.753. The highest BCUT2D eigenvalue weighted by Crippen LogP contribution is 2.00. The molecule has 0 aromatic carbocycles. The number of nitriles is 1. The molecule has 1 heterocycles. The van der Waals surface area contributed by atoms with Crippen LogP contribution in [0.25, 0.3) is 0 Å². The molecule has 5 nitrogen and oxygen atoms in total. The van der Waals surface area contributed by atoms with Crippen LogP contribution in [0.1, 0.15) is 12.7 Å². The topological polar surface area (TPSA) is 56.9 Å². The number of nitrogens with zero attached hydrogens (tertiary/aromatic N) is 4. The SMILES string of the molecule is CCNC(C#N)CN(C)Cc1nccn1C. The van der Waals surface area contributed by atoms with E-state index in [0.29, 0.717) is 6.54 Å². The first-order valence-corrected chi connectivity index (χ1v) is 5.45. The van der Waals surface area contributed by atoms with Gasteiger partial charge in [-0.2, -0.15) is 5.26 Å². The number of aryl methyl sites for hydroxylation is 1. The van der Waals surface area contributed by atoms with Crippen molar-refractivity contribution in [3.8, 4) is 6.07 Å². The number of rotatable bonds is 6. The van der Waals surface area contributed by atoms with Gasteiger partial charge in [0.15, 0.2) is 0 Å². The summed E-state index contributed by atoms with van der Waals surface area (Å²) in [5.74, 6) is 1.01. The summed E-state index contributed by atoms with van der Waals surface area (Å²) in [5.41, 5.74) is 0. The molecular weight excluding hydrogens is 202 g/mol. The lowest BCUT2D eigenvalue weighted by atomic mass is 10.3. The molecule has 0 spiro atoms. The van der Waals surface area contributed by atoms with Gasteiger partial charge in [0.1, 0.15) is 11.9 Å². The Balaban J connectivity index is 2.44. The van der Waals surface area contributed by atoms with E-state index in [-0.39, 0.29) is 6.04 Å². The van der Waals surface area contributed by atoms with Crippen molar-refractivity contribution in [2.45, 2.75) is 19.5 Å². The normalized spacial score (nSPS) is 12.7. The van der Waals surface area contributed by atoms with Gasteiger partial charge in [-0.3, -0.25) is 4.90 Å². The maximum Gasteiger partial charge on any atom is 0.122 e. The van der Waals surface area contributed by atoms with Crippen molar-refractivity contribution in [2.24, 2.45) is 7.05 Å². The summed E-state index contributed by atoms with van der Waals surface area (Å²) in [6.07, 6.45) is 3.71. The first-order valence-electron chi connectivity index (χ1n) is 5.45. The van der Waals surface area contributed by atoms with Crippen molar-refractivity contribution in [3.05, 3.63) is 18.2 Å². The van der Waals surface area contributed by atoms with Gasteiger partial charge in [-0.1, -0.05) is 6.92 Å². The first kappa shape index (κ1) is 12.7. The van der Waals surface area contributed by atoms with E-state index in [9.17, 15) is 0 Å². The van der Waals surface area contributed by atoms with Crippen LogP contribution in [0.3, 0.4) is 0 Å². The lowest BCUT2D eigenvalue weighted by molar-refractivity contribution is 0.295. The molecule has 1 aromatic heterocycles. The Morgan fingerprint density at radius 1 is 1.69 bits per heavy atom. The highest BCUT2D eigenvalue weighted by atomic mass is 15.2. The molecular formula is C11H19N5. The van der Waals surface area contributed by atoms with Crippen molar-refractivity contribution >= 4 is 0 Å². The molecule has 0 fully saturated rings. The van der Waals surface area contributed by atoms with Gasteiger partial charge in [-0.05, 0) is 13.6 Å². The van der Waals surface area contributed by atoms with E-state index in [1.54, 1.807) is 6.20 Å². The Labute approximate surface area is 96.7 Å². The Morgan fingerprint density at radius 3 is 2.94 bits per heavy atom. The molecule has 1 aromatic rings. The van der Waals surface area contributed by atoms with Crippen LogP contribution in [0.4, 0.5) is 0 Å². The fourth-order valence-corrected chi connectivity index (χ4v) is 1.56. The van der Waals surface area contributed by atoms with Gasteiger partial charge in [0.25, 0.3) is 0 Å². The van der Waals surface area contributed by atoms with Gasteiger partial charge in [0, 0.05) is 26.0 Å². The van der Waals surface area contributed by atoms with Gasteiger partial charge >= 0.3 is 0 Å². The summed E-state index contributed by atoms with van der Waals surface area (Å²) in [6.45, 7) is 4.28. The van der Waals surface area contributed by atoms with Crippen LogP contribution >= 0.6 is 0 Å². The molecule has 5 heteroatoms. The molecule has 0 bridgehead atoms. The zero-order valence-electron chi connectivity index (χ0n) is 10.1. The summed E-state index contributed by atoms with van der Waals surface area (Å²) >= 11 is 0. The average Bonchev–Trinajstić information content (AvgIpc) is 2.64. The fourth-order valence-electron chi connectivity index (χ4n) is 1.56. The van der Waals surface area contributed by atoms with Gasteiger partial charge < -0.3 is 9.88 Å². The Bertz CT molecular complexity index is 352. The van der Waals surface area contributed by atoms with Crippen molar-refractivity contribution < 1.29 is 0 Å². The Morgan fingerprint density at radius 2 is 2.44 bits per heavy atom. The molecule has 16 heavy (non-hydrogen) atoms. The number of hydrogen-bond acceptors (Lipinski definition) is 4. The Kier molecular flexibility index (Phi) is 4.96. The van der Waals surface area contributed by atoms with E-state index in [4.69, 9.17) is 5.26 Å². The van der Waals surface area contributed by atoms with Gasteiger partial charge in [0.05, 0.1) is 12.6 Å². The summed E-state index contributed by atoms with van der Waals surface area (Å²) < 4.78 is 1.99. The second kappa shape index (κ2) is 6.26. The standard InChI is InChI=1S/C11H19N5/c1-4-13-10(7-12)8-15(2)9-11-14-5-6-16(11)3/h5-6,10,13H,4,8-9H2,1-3H3. The van der Waals surface area contributed by atoms with Gasteiger partial charge in [0.2, 0.25) is 0 Å². The van der Waals surface area contributed by atoms with Gasteiger partial charge in [-0.15, -0.1) is 0 Å². The van der Waals surface area contributed by atoms with Crippen molar-refractivity contribution in [2.75, 3.05) is 20.1 Å². The van der Waals surface area contributed by atoms with E-state index >= 15 is 0 Å². The van der Waals surface area contributed by atoms with Crippen LogP contribution in [0.5, 0.6) is 0 Å². The molecule has 0 amide bonds. The predicted molar refractivity (Wildman–Crippen MR) is 62.6 cm³/mol. The number of aromatic nitrogens is 2. The van der Waals surface area contributed by atoms with E-state index in [1.165, 1.54) is 0 Å². The summed E-state index contributed by atoms with van der Waals surface area (Å²) in [5, 5.41) is 12.1. The van der Waals surface area contributed by atoms with Crippen molar-refractivity contribution in [3.63, 3.8) is 0 Å². The Hall–Kier alpha value is -1.38. The van der Waals surface area contributed by atoms with Crippen molar-refractivity contribution in [1.29, 1.82) is 5.26 Å². The van der Waals surface area contributed by atoms with Crippen LogP contribution < -0.4 is 5.32 Å². The predicted octanol–water partition coefficient (Wildman–Crippen LogP) is 0.354. The molecule has 0 aliphatic heterocycles. The fraction of sp³-hybridized carbons (Fsp3) is 0.636. The molecule has 1 atom stereocenters. The van der Waals surface area contributed by atoms with E-state index in [0.717, 1.165) is 18.9 Å². The maximum absolute atomic E-state index is 8.93. The van der Waals surface area contributed by atoms with E-state index in [2.05, 4.69) is 21.3 Å². The molecule has 0 radical (unpaired) electrons.